The molecule has 1 atom stereocenters. The van der Waals surface area contributed by atoms with Crippen LogP contribution >= 0.6 is 0 Å². The van der Waals surface area contributed by atoms with E-state index in [0.29, 0.717) is 46.9 Å². The second-order valence-corrected chi connectivity index (χ2v) is 8.96. The molecule has 1 aliphatic rings. The van der Waals surface area contributed by atoms with E-state index in [1.54, 1.807) is 19.2 Å². The van der Waals surface area contributed by atoms with Crippen molar-refractivity contribution in [2.24, 2.45) is 0 Å². The molecule has 0 saturated carbocycles. The molecule has 3 heterocycles. The average molecular weight is 470 g/mol. The highest BCUT2D eigenvalue weighted by atomic mass is 16.5. The first-order valence-corrected chi connectivity index (χ1v) is 11.7. The van der Waals surface area contributed by atoms with Crippen molar-refractivity contribution in [2.75, 3.05) is 18.5 Å². The molecule has 0 radical (unpaired) electrons. The standard InChI is InChI=1S/C28H27N3O4/c1-16-12-21(18(3)30-23-10-7-11-29-24(23)28(33)31-20-14-34-15-20)27-22(13-16)25(32)17(2)26(35-27)19-8-5-4-6-9-19/h4-13,18,20,30H,14-15H2,1-3H3,(H,31,33). The largest absolute Gasteiger partial charge is 0.455 e. The fraction of sp³-hybridized carbons (Fsp3) is 0.250. The summed E-state index contributed by atoms with van der Waals surface area (Å²) >= 11 is 0. The van der Waals surface area contributed by atoms with Crippen molar-refractivity contribution >= 4 is 22.6 Å². The van der Waals surface area contributed by atoms with Crippen molar-refractivity contribution in [3.8, 4) is 11.3 Å². The Bertz CT molecular complexity index is 1460. The van der Waals surface area contributed by atoms with Gasteiger partial charge in [0.15, 0.2) is 11.1 Å². The van der Waals surface area contributed by atoms with Gasteiger partial charge in [-0.15, -0.1) is 0 Å². The average Bonchev–Trinajstić information content (AvgIpc) is 2.84. The fourth-order valence-corrected chi connectivity index (χ4v) is 4.34. The normalized spacial score (nSPS) is 14.4. The van der Waals surface area contributed by atoms with Gasteiger partial charge in [0.05, 0.1) is 36.4 Å². The van der Waals surface area contributed by atoms with E-state index in [1.165, 1.54) is 0 Å². The Labute approximate surface area is 203 Å². The zero-order valence-corrected chi connectivity index (χ0v) is 19.9. The lowest BCUT2D eigenvalue weighted by molar-refractivity contribution is -0.00353. The summed E-state index contributed by atoms with van der Waals surface area (Å²) in [6, 6.07) is 16.8. The molecular weight excluding hydrogens is 442 g/mol. The number of anilines is 1. The summed E-state index contributed by atoms with van der Waals surface area (Å²) in [5.74, 6) is 0.306. The highest BCUT2D eigenvalue weighted by molar-refractivity contribution is 5.98. The molecule has 4 aromatic rings. The minimum Gasteiger partial charge on any atom is -0.455 e. The van der Waals surface area contributed by atoms with Crippen molar-refractivity contribution < 1.29 is 13.9 Å². The molecule has 1 unspecified atom stereocenters. The highest BCUT2D eigenvalue weighted by Gasteiger charge is 2.24. The Morgan fingerprint density at radius 3 is 2.57 bits per heavy atom. The van der Waals surface area contributed by atoms with Crippen molar-refractivity contribution in [1.82, 2.24) is 10.3 Å². The Morgan fingerprint density at radius 2 is 1.86 bits per heavy atom. The monoisotopic (exact) mass is 469 g/mol. The summed E-state index contributed by atoms with van der Waals surface area (Å²) < 4.78 is 11.6. The number of hydrogen-bond acceptors (Lipinski definition) is 6. The van der Waals surface area contributed by atoms with Crippen LogP contribution in [0.5, 0.6) is 0 Å². The number of carbonyl (C=O) groups is 1. The van der Waals surface area contributed by atoms with E-state index in [1.807, 2.05) is 62.4 Å². The van der Waals surface area contributed by atoms with Gasteiger partial charge in [-0.25, -0.2) is 4.98 Å². The summed E-state index contributed by atoms with van der Waals surface area (Å²) in [6.07, 6.45) is 1.60. The number of rotatable bonds is 6. The number of nitrogens with one attached hydrogen (secondary N) is 2. The van der Waals surface area contributed by atoms with Gasteiger partial charge in [-0.1, -0.05) is 36.4 Å². The molecule has 2 N–H and O–H groups in total. The van der Waals surface area contributed by atoms with Crippen LogP contribution in [0.2, 0.25) is 0 Å². The van der Waals surface area contributed by atoms with Crippen LogP contribution in [0.3, 0.4) is 0 Å². The summed E-state index contributed by atoms with van der Waals surface area (Å²) in [7, 11) is 0. The Kier molecular flexibility index (Phi) is 6.09. The minimum atomic E-state index is -0.269. The van der Waals surface area contributed by atoms with Crippen LogP contribution in [-0.4, -0.2) is 30.1 Å². The fourth-order valence-electron chi connectivity index (χ4n) is 4.34. The van der Waals surface area contributed by atoms with Gasteiger partial charge in [0.2, 0.25) is 0 Å². The first kappa shape index (κ1) is 22.8. The maximum atomic E-state index is 13.3. The number of aromatic nitrogens is 1. The van der Waals surface area contributed by atoms with Crippen LogP contribution in [-0.2, 0) is 4.74 Å². The summed E-state index contributed by atoms with van der Waals surface area (Å²) in [5, 5.41) is 6.89. The van der Waals surface area contributed by atoms with E-state index < -0.39 is 0 Å². The van der Waals surface area contributed by atoms with Gasteiger partial charge in [0.25, 0.3) is 5.91 Å². The van der Waals surface area contributed by atoms with Gasteiger partial charge in [-0.2, -0.15) is 0 Å². The molecule has 178 valence electrons. The SMILES string of the molecule is Cc1cc(C(C)Nc2cccnc2C(=O)NC2COC2)c2oc(-c3ccccc3)c(C)c(=O)c2c1. The van der Waals surface area contributed by atoms with E-state index in [0.717, 1.165) is 16.7 Å². The number of fused-ring (bicyclic) bond motifs is 1. The van der Waals surface area contributed by atoms with Crippen LogP contribution in [0.4, 0.5) is 5.69 Å². The maximum absolute atomic E-state index is 13.3. The Hall–Kier alpha value is -3.97. The number of pyridine rings is 1. The third-order valence-corrected chi connectivity index (χ3v) is 6.26. The molecule has 7 heteroatoms. The van der Waals surface area contributed by atoms with Crippen LogP contribution in [0.1, 0.15) is 40.1 Å². The van der Waals surface area contributed by atoms with Gasteiger partial charge < -0.3 is 19.8 Å². The number of amides is 1. The minimum absolute atomic E-state index is 0.00409. The van der Waals surface area contributed by atoms with Crippen LogP contribution < -0.4 is 16.1 Å². The molecule has 2 aromatic carbocycles. The molecule has 5 rings (SSSR count). The molecule has 7 nitrogen and oxygen atoms in total. The zero-order chi connectivity index (χ0) is 24.5. The van der Waals surface area contributed by atoms with Gasteiger partial charge in [-0.3, -0.25) is 9.59 Å². The molecule has 1 aliphatic heterocycles. The zero-order valence-electron chi connectivity index (χ0n) is 19.9. The summed E-state index contributed by atoms with van der Waals surface area (Å²) in [5.41, 5.74) is 4.61. The number of aryl methyl sites for hydroxylation is 1. The first-order valence-electron chi connectivity index (χ1n) is 11.7. The van der Waals surface area contributed by atoms with Crippen molar-refractivity contribution in [2.45, 2.75) is 32.9 Å². The second kappa shape index (κ2) is 9.35. The number of ether oxygens (including phenoxy) is 1. The van der Waals surface area contributed by atoms with Crippen LogP contribution in [0, 0.1) is 13.8 Å². The topological polar surface area (TPSA) is 93.5 Å². The second-order valence-electron chi connectivity index (χ2n) is 8.96. The van der Waals surface area contributed by atoms with Gasteiger partial charge >= 0.3 is 0 Å². The molecule has 1 amide bonds. The number of nitrogens with zero attached hydrogens (tertiary/aromatic N) is 1. The third kappa shape index (κ3) is 4.42. The number of hydrogen-bond donors (Lipinski definition) is 2. The molecule has 0 aliphatic carbocycles. The van der Waals surface area contributed by atoms with Gasteiger partial charge in [0, 0.05) is 22.9 Å². The molecule has 0 spiro atoms. The lowest BCUT2D eigenvalue weighted by Crippen LogP contribution is -2.48. The van der Waals surface area contributed by atoms with Crippen LogP contribution in [0.15, 0.2) is 70.0 Å². The lowest BCUT2D eigenvalue weighted by atomic mass is 9.98. The highest BCUT2D eigenvalue weighted by Crippen LogP contribution is 2.32. The molecular formula is C28H27N3O4. The Balaban J connectivity index is 1.56. The van der Waals surface area contributed by atoms with E-state index in [9.17, 15) is 9.59 Å². The smallest absolute Gasteiger partial charge is 0.272 e. The summed E-state index contributed by atoms with van der Waals surface area (Å²) in [4.78, 5) is 30.4. The van der Waals surface area contributed by atoms with Crippen molar-refractivity contribution in [3.63, 3.8) is 0 Å². The molecule has 1 fully saturated rings. The van der Waals surface area contributed by atoms with Gasteiger partial charge in [-0.05, 0) is 44.5 Å². The molecule has 35 heavy (non-hydrogen) atoms. The van der Waals surface area contributed by atoms with Crippen LogP contribution in [0.25, 0.3) is 22.3 Å². The van der Waals surface area contributed by atoms with E-state index in [4.69, 9.17) is 9.15 Å². The van der Waals surface area contributed by atoms with E-state index in [2.05, 4.69) is 15.6 Å². The number of benzene rings is 2. The van der Waals surface area contributed by atoms with Crippen molar-refractivity contribution in [3.05, 3.63) is 93.4 Å². The number of carbonyl (C=O) groups excluding carboxylic acids is 1. The van der Waals surface area contributed by atoms with Gasteiger partial charge in [0.1, 0.15) is 11.3 Å². The Morgan fingerprint density at radius 1 is 1.09 bits per heavy atom. The predicted octanol–water partition coefficient (Wildman–Crippen LogP) is 4.77. The molecule has 2 aromatic heterocycles. The summed E-state index contributed by atoms with van der Waals surface area (Å²) in [6.45, 7) is 6.75. The quantitative estimate of drug-likeness (QED) is 0.422. The first-order chi connectivity index (χ1) is 16.9. The van der Waals surface area contributed by atoms with Crippen molar-refractivity contribution in [1.29, 1.82) is 0 Å². The third-order valence-electron chi connectivity index (χ3n) is 6.26. The van der Waals surface area contributed by atoms with E-state index >= 15 is 0 Å². The lowest BCUT2D eigenvalue weighted by Gasteiger charge is -2.27. The maximum Gasteiger partial charge on any atom is 0.272 e. The molecule has 1 saturated heterocycles. The predicted molar refractivity (Wildman–Crippen MR) is 136 cm³/mol. The van der Waals surface area contributed by atoms with E-state index in [-0.39, 0.29) is 23.4 Å². The molecule has 0 bridgehead atoms.